The number of aromatic amines is 1. The molecule has 0 saturated heterocycles. The Morgan fingerprint density at radius 2 is 2.09 bits per heavy atom. The zero-order chi connectivity index (χ0) is 16.7. The number of hydrogen-bond donors (Lipinski definition) is 2. The molecule has 2 rings (SSSR count). The largest absolute Gasteiger partial charge is 0.480 e. The number of aliphatic carboxylic acids is 1. The van der Waals surface area contributed by atoms with Gasteiger partial charge in [-0.1, -0.05) is 42.1 Å². The second kappa shape index (κ2) is 8.38. The average molecular weight is 334 g/mol. The summed E-state index contributed by atoms with van der Waals surface area (Å²) in [5.41, 5.74) is 1.31. The molecule has 2 N–H and O–H groups in total. The molecule has 7 heteroatoms. The first-order valence-corrected chi connectivity index (χ1v) is 8.13. The maximum absolute atomic E-state index is 11.6. The van der Waals surface area contributed by atoms with Crippen molar-refractivity contribution in [3.63, 3.8) is 0 Å². The lowest BCUT2D eigenvalue weighted by molar-refractivity contribution is -0.136. The average Bonchev–Trinajstić information content (AvgIpc) is 3.01. The van der Waals surface area contributed by atoms with E-state index >= 15 is 0 Å². The predicted molar refractivity (Wildman–Crippen MR) is 86.6 cm³/mol. The molecule has 0 saturated carbocycles. The van der Waals surface area contributed by atoms with Crippen LogP contribution in [0.15, 0.2) is 41.7 Å². The van der Waals surface area contributed by atoms with Crippen LogP contribution in [0.3, 0.4) is 0 Å². The van der Waals surface area contributed by atoms with Gasteiger partial charge in [0.15, 0.2) is 5.16 Å². The Labute approximate surface area is 138 Å². The van der Waals surface area contributed by atoms with Crippen LogP contribution in [-0.4, -0.2) is 38.9 Å². The Morgan fingerprint density at radius 1 is 1.35 bits per heavy atom. The molecule has 0 aliphatic rings. The van der Waals surface area contributed by atoms with Crippen molar-refractivity contribution in [2.75, 3.05) is 6.61 Å². The summed E-state index contributed by atoms with van der Waals surface area (Å²) in [5, 5.41) is 9.11. The molecular formula is C16H18N2O4S. The molecule has 2 aromatic rings. The zero-order valence-electron chi connectivity index (χ0n) is 12.7. The fourth-order valence-corrected chi connectivity index (χ4v) is 2.87. The Balaban J connectivity index is 1.97. The van der Waals surface area contributed by atoms with Gasteiger partial charge >= 0.3 is 11.9 Å². The van der Waals surface area contributed by atoms with Crippen LogP contribution in [0.5, 0.6) is 0 Å². The van der Waals surface area contributed by atoms with Gasteiger partial charge in [0.1, 0.15) is 10.9 Å². The van der Waals surface area contributed by atoms with Crippen LogP contribution in [0.1, 0.15) is 29.4 Å². The number of aryl methyl sites for hydroxylation is 1. The monoisotopic (exact) mass is 334 g/mol. The van der Waals surface area contributed by atoms with Gasteiger partial charge in [0.2, 0.25) is 0 Å². The lowest BCUT2D eigenvalue weighted by Crippen LogP contribution is -2.17. The zero-order valence-corrected chi connectivity index (χ0v) is 13.5. The van der Waals surface area contributed by atoms with Gasteiger partial charge in [-0.2, -0.15) is 0 Å². The summed E-state index contributed by atoms with van der Waals surface area (Å²) in [4.78, 5) is 29.8. The van der Waals surface area contributed by atoms with E-state index in [2.05, 4.69) is 9.97 Å². The minimum absolute atomic E-state index is 0.224. The highest BCUT2D eigenvalue weighted by Gasteiger charge is 2.21. The molecule has 0 bridgehead atoms. The smallest absolute Gasteiger partial charge is 0.356 e. The third kappa shape index (κ3) is 5.14. The van der Waals surface area contributed by atoms with Crippen molar-refractivity contribution in [3.05, 3.63) is 47.8 Å². The standard InChI is InChI=1S/C16H18N2O4S/c1-2-22-15(21)12-10-17-16(18-12)23-13(14(19)20)9-8-11-6-4-3-5-7-11/h3-7,10,13H,2,8-9H2,1H3,(H,17,18)(H,19,20). The number of ether oxygens (including phenoxy) is 1. The summed E-state index contributed by atoms with van der Waals surface area (Å²) in [7, 11) is 0. The van der Waals surface area contributed by atoms with Gasteiger partial charge in [0.05, 0.1) is 12.8 Å². The van der Waals surface area contributed by atoms with Crippen molar-refractivity contribution in [1.82, 2.24) is 9.97 Å². The maximum atomic E-state index is 11.6. The van der Waals surface area contributed by atoms with Gasteiger partial charge in [0.25, 0.3) is 0 Å². The van der Waals surface area contributed by atoms with E-state index in [0.29, 0.717) is 18.0 Å². The summed E-state index contributed by atoms with van der Waals surface area (Å²) < 4.78 is 4.86. The first-order chi connectivity index (χ1) is 11.1. The third-order valence-electron chi connectivity index (χ3n) is 3.12. The molecule has 1 unspecified atom stereocenters. The molecular weight excluding hydrogens is 316 g/mol. The normalized spacial score (nSPS) is 11.9. The van der Waals surface area contributed by atoms with E-state index in [4.69, 9.17) is 4.74 Å². The number of aromatic nitrogens is 2. The van der Waals surface area contributed by atoms with Gasteiger partial charge in [-0.25, -0.2) is 9.78 Å². The number of nitrogens with zero attached hydrogens (tertiary/aromatic N) is 1. The summed E-state index contributed by atoms with van der Waals surface area (Å²) in [6.07, 6.45) is 2.49. The maximum Gasteiger partial charge on any atom is 0.356 e. The Bertz CT molecular complexity index is 657. The minimum atomic E-state index is -0.903. The number of carboxylic acids is 1. The SMILES string of the molecule is CCOC(=O)c1cnc(SC(CCc2ccccc2)C(=O)O)[nH]1. The van der Waals surface area contributed by atoms with Crippen molar-refractivity contribution in [2.45, 2.75) is 30.2 Å². The molecule has 0 radical (unpaired) electrons. The number of nitrogens with one attached hydrogen (secondary N) is 1. The second-order valence-electron chi connectivity index (χ2n) is 4.79. The fourth-order valence-electron chi connectivity index (χ4n) is 1.99. The van der Waals surface area contributed by atoms with Gasteiger partial charge in [0, 0.05) is 0 Å². The lowest BCUT2D eigenvalue weighted by Gasteiger charge is -2.10. The van der Waals surface area contributed by atoms with E-state index in [1.165, 1.54) is 6.20 Å². The second-order valence-corrected chi connectivity index (χ2v) is 5.98. The summed E-state index contributed by atoms with van der Waals surface area (Å²) in [6.45, 7) is 1.99. The van der Waals surface area contributed by atoms with Crippen molar-refractivity contribution in [1.29, 1.82) is 0 Å². The topological polar surface area (TPSA) is 92.3 Å². The highest BCUT2D eigenvalue weighted by molar-refractivity contribution is 8.00. The van der Waals surface area contributed by atoms with Crippen LogP contribution < -0.4 is 0 Å². The molecule has 0 aliphatic heterocycles. The molecule has 6 nitrogen and oxygen atoms in total. The number of hydrogen-bond acceptors (Lipinski definition) is 5. The molecule has 1 aromatic heterocycles. The molecule has 0 aliphatic carbocycles. The van der Waals surface area contributed by atoms with E-state index in [0.717, 1.165) is 17.3 Å². The molecule has 1 atom stereocenters. The molecule has 1 aromatic carbocycles. The number of benzene rings is 1. The van der Waals surface area contributed by atoms with Gasteiger partial charge in [-0.15, -0.1) is 0 Å². The summed E-state index contributed by atoms with van der Waals surface area (Å²) in [5.74, 6) is -1.40. The van der Waals surface area contributed by atoms with Crippen LogP contribution in [0, 0.1) is 0 Å². The number of carbonyl (C=O) groups is 2. The summed E-state index contributed by atoms with van der Waals surface area (Å²) >= 11 is 1.10. The summed E-state index contributed by atoms with van der Waals surface area (Å²) in [6, 6.07) is 9.71. The minimum Gasteiger partial charge on any atom is -0.480 e. The number of carbonyl (C=O) groups excluding carboxylic acids is 1. The highest BCUT2D eigenvalue weighted by Crippen LogP contribution is 2.24. The Kier molecular flexibility index (Phi) is 6.22. The number of thioether (sulfide) groups is 1. The van der Waals surface area contributed by atoms with Crippen LogP contribution >= 0.6 is 11.8 Å². The third-order valence-corrected chi connectivity index (χ3v) is 4.27. The first-order valence-electron chi connectivity index (χ1n) is 7.25. The van der Waals surface area contributed by atoms with Gasteiger partial charge < -0.3 is 14.8 Å². The van der Waals surface area contributed by atoms with Gasteiger partial charge in [-0.3, -0.25) is 4.79 Å². The van der Waals surface area contributed by atoms with Crippen LogP contribution in [-0.2, 0) is 16.0 Å². The Hall–Kier alpha value is -2.28. The van der Waals surface area contributed by atoms with E-state index in [9.17, 15) is 14.7 Å². The number of rotatable bonds is 8. The molecule has 1 heterocycles. The van der Waals surface area contributed by atoms with Crippen molar-refractivity contribution in [3.8, 4) is 0 Å². The van der Waals surface area contributed by atoms with E-state index in [1.54, 1.807) is 6.92 Å². The molecule has 122 valence electrons. The number of imidazole rings is 1. The Morgan fingerprint density at radius 3 is 2.74 bits per heavy atom. The highest BCUT2D eigenvalue weighted by atomic mass is 32.2. The van der Waals surface area contributed by atoms with E-state index < -0.39 is 17.2 Å². The van der Waals surface area contributed by atoms with Crippen LogP contribution in [0.2, 0.25) is 0 Å². The molecule has 0 fully saturated rings. The van der Waals surface area contributed by atoms with Crippen molar-refractivity contribution >= 4 is 23.7 Å². The van der Waals surface area contributed by atoms with Crippen molar-refractivity contribution < 1.29 is 19.4 Å². The fraction of sp³-hybridized carbons (Fsp3) is 0.312. The molecule has 0 amide bonds. The molecule has 0 spiro atoms. The van der Waals surface area contributed by atoms with Crippen molar-refractivity contribution in [2.24, 2.45) is 0 Å². The lowest BCUT2D eigenvalue weighted by atomic mass is 10.1. The van der Waals surface area contributed by atoms with E-state index in [1.807, 2.05) is 30.3 Å². The van der Waals surface area contributed by atoms with Crippen LogP contribution in [0.25, 0.3) is 0 Å². The number of esters is 1. The predicted octanol–water partition coefficient (Wildman–Crippen LogP) is 2.76. The van der Waals surface area contributed by atoms with Crippen LogP contribution in [0.4, 0.5) is 0 Å². The number of H-pyrrole nitrogens is 1. The van der Waals surface area contributed by atoms with Gasteiger partial charge in [-0.05, 0) is 25.3 Å². The van der Waals surface area contributed by atoms with E-state index in [-0.39, 0.29) is 12.3 Å². The quantitative estimate of drug-likeness (QED) is 0.570. The molecule has 23 heavy (non-hydrogen) atoms. The first kappa shape index (κ1) is 17.1. The number of carboxylic acid groups (broad SMARTS) is 1.